The number of nitrogens with one attached hydrogen (secondary N) is 1. The lowest BCUT2D eigenvalue weighted by atomic mass is 9.71. The van der Waals surface area contributed by atoms with Crippen LogP contribution in [-0.2, 0) is 0 Å². The molecule has 0 saturated heterocycles. The summed E-state index contributed by atoms with van der Waals surface area (Å²) in [5.74, 6) is 1.63. The lowest BCUT2D eigenvalue weighted by molar-refractivity contribution is 0.137. The van der Waals surface area contributed by atoms with Crippen LogP contribution in [0.15, 0.2) is 0 Å². The molecule has 1 heteroatoms. The Kier molecular flexibility index (Phi) is 8.27. The van der Waals surface area contributed by atoms with Crippen LogP contribution in [0.5, 0.6) is 0 Å². The first-order valence-electron chi connectivity index (χ1n) is 8.39. The fourth-order valence-electron chi connectivity index (χ4n) is 2.58. The molecule has 116 valence electrons. The maximum Gasteiger partial charge on any atom is 0.00967 e. The summed E-state index contributed by atoms with van der Waals surface area (Å²) in [6, 6.07) is 0. The second kappa shape index (κ2) is 8.29. The minimum atomic E-state index is 0.223. The number of hydrogen-bond acceptors (Lipinski definition) is 1. The summed E-state index contributed by atoms with van der Waals surface area (Å²) in [5, 5.41) is 3.73. The van der Waals surface area contributed by atoms with Crippen molar-refractivity contribution in [2.75, 3.05) is 6.54 Å². The van der Waals surface area contributed by atoms with Crippen LogP contribution >= 0.6 is 0 Å². The van der Waals surface area contributed by atoms with E-state index in [1.165, 1.54) is 32.1 Å². The average Bonchev–Trinajstić information content (AvgIpc) is 2.31. The molecule has 0 aliphatic carbocycles. The molecular formula is C18H39N. The van der Waals surface area contributed by atoms with E-state index < -0.39 is 0 Å². The van der Waals surface area contributed by atoms with E-state index in [-0.39, 0.29) is 5.54 Å². The molecule has 2 atom stereocenters. The third-order valence-corrected chi connectivity index (χ3v) is 4.71. The normalized spacial score (nSPS) is 17.5. The van der Waals surface area contributed by atoms with Crippen molar-refractivity contribution in [3.63, 3.8) is 0 Å². The lowest BCUT2D eigenvalue weighted by Gasteiger charge is -2.39. The second-order valence-electron chi connectivity index (χ2n) is 8.03. The van der Waals surface area contributed by atoms with E-state index in [1.807, 2.05) is 0 Å². The molecule has 0 aromatic carbocycles. The molecule has 0 aromatic rings. The summed E-state index contributed by atoms with van der Waals surface area (Å²) in [7, 11) is 0. The Bertz CT molecular complexity index is 226. The fraction of sp³-hybridized carbons (Fsp3) is 1.00. The molecule has 0 fully saturated rings. The maximum atomic E-state index is 3.73. The molecule has 0 aliphatic heterocycles. The monoisotopic (exact) mass is 269 g/mol. The first-order valence-corrected chi connectivity index (χ1v) is 8.39. The number of hydrogen-bond donors (Lipinski definition) is 1. The summed E-state index contributed by atoms with van der Waals surface area (Å²) in [4.78, 5) is 0. The van der Waals surface area contributed by atoms with Crippen LogP contribution in [0.3, 0.4) is 0 Å². The highest BCUT2D eigenvalue weighted by Crippen LogP contribution is 2.36. The molecule has 19 heavy (non-hydrogen) atoms. The standard InChI is InChI=1S/C18H39N/c1-9-11-12-16(10-2)13-18(8,15(3)4)14-19-17(5,6)7/h15-16,19H,9-14H2,1-8H3. The Morgan fingerprint density at radius 1 is 1.00 bits per heavy atom. The molecule has 0 rings (SSSR count). The molecule has 2 unspecified atom stereocenters. The molecule has 0 radical (unpaired) electrons. The van der Waals surface area contributed by atoms with Crippen LogP contribution in [0.2, 0.25) is 0 Å². The van der Waals surface area contributed by atoms with Crippen molar-refractivity contribution in [3.8, 4) is 0 Å². The van der Waals surface area contributed by atoms with Gasteiger partial charge in [-0.1, -0.05) is 60.3 Å². The Labute approximate surface area is 122 Å². The van der Waals surface area contributed by atoms with Gasteiger partial charge in [-0.15, -0.1) is 0 Å². The van der Waals surface area contributed by atoms with Gasteiger partial charge in [-0.3, -0.25) is 0 Å². The third-order valence-electron chi connectivity index (χ3n) is 4.71. The minimum Gasteiger partial charge on any atom is -0.312 e. The van der Waals surface area contributed by atoms with Crippen LogP contribution < -0.4 is 5.32 Å². The molecule has 0 saturated carbocycles. The molecule has 0 heterocycles. The summed E-state index contributed by atoms with van der Waals surface area (Å²) in [5.41, 5.74) is 0.642. The van der Waals surface area contributed by atoms with Gasteiger partial charge in [0.05, 0.1) is 0 Å². The average molecular weight is 270 g/mol. The summed E-state index contributed by atoms with van der Waals surface area (Å²) in [6.07, 6.45) is 6.82. The predicted octanol–water partition coefficient (Wildman–Crippen LogP) is 5.64. The highest BCUT2D eigenvalue weighted by atomic mass is 15.0. The van der Waals surface area contributed by atoms with Crippen molar-refractivity contribution in [2.45, 2.75) is 93.0 Å². The number of unbranched alkanes of at least 4 members (excludes halogenated alkanes) is 1. The lowest BCUT2D eigenvalue weighted by Crippen LogP contribution is -2.45. The topological polar surface area (TPSA) is 12.0 Å². The SMILES string of the molecule is CCCCC(CC)CC(C)(CNC(C)(C)C)C(C)C. The summed E-state index contributed by atoms with van der Waals surface area (Å²) in [6.45, 7) is 19.8. The number of rotatable bonds is 9. The molecule has 0 bridgehead atoms. The highest BCUT2D eigenvalue weighted by Gasteiger charge is 2.31. The van der Waals surface area contributed by atoms with Gasteiger partial charge < -0.3 is 5.32 Å². The molecule has 1 N–H and O–H groups in total. The van der Waals surface area contributed by atoms with Gasteiger partial charge in [-0.25, -0.2) is 0 Å². The van der Waals surface area contributed by atoms with Gasteiger partial charge in [0.2, 0.25) is 0 Å². The maximum absolute atomic E-state index is 3.73. The van der Waals surface area contributed by atoms with Crippen molar-refractivity contribution < 1.29 is 0 Å². The van der Waals surface area contributed by atoms with E-state index in [2.05, 4.69) is 60.7 Å². The summed E-state index contributed by atoms with van der Waals surface area (Å²) < 4.78 is 0. The van der Waals surface area contributed by atoms with Crippen molar-refractivity contribution >= 4 is 0 Å². The van der Waals surface area contributed by atoms with Gasteiger partial charge in [0.1, 0.15) is 0 Å². The molecule has 1 nitrogen and oxygen atoms in total. The van der Waals surface area contributed by atoms with Crippen molar-refractivity contribution in [2.24, 2.45) is 17.3 Å². The Morgan fingerprint density at radius 2 is 1.58 bits per heavy atom. The quantitative estimate of drug-likeness (QED) is 0.571. The van der Waals surface area contributed by atoms with Crippen LogP contribution in [0, 0.1) is 17.3 Å². The first kappa shape index (κ1) is 19.0. The Morgan fingerprint density at radius 3 is 1.95 bits per heavy atom. The summed E-state index contributed by atoms with van der Waals surface area (Å²) >= 11 is 0. The van der Waals surface area contributed by atoms with E-state index in [4.69, 9.17) is 0 Å². The largest absolute Gasteiger partial charge is 0.312 e. The van der Waals surface area contributed by atoms with E-state index in [9.17, 15) is 0 Å². The first-order chi connectivity index (χ1) is 8.64. The van der Waals surface area contributed by atoms with Crippen LogP contribution in [0.1, 0.15) is 87.5 Å². The third kappa shape index (κ3) is 7.97. The van der Waals surface area contributed by atoms with Gasteiger partial charge in [-0.05, 0) is 44.4 Å². The molecule has 0 amide bonds. The van der Waals surface area contributed by atoms with Crippen LogP contribution in [0.25, 0.3) is 0 Å². The van der Waals surface area contributed by atoms with Crippen LogP contribution in [-0.4, -0.2) is 12.1 Å². The van der Waals surface area contributed by atoms with Gasteiger partial charge in [-0.2, -0.15) is 0 Å². The minimum absolute atomic E-state index is 0.223. The fourth-order valence-corrected chi connectivity index (χ4v) is 2.58. The van der Waals surface area contributed by atoms with Gasteiger partial charge in [0, 0.05) is 12.1 Å². The molecule has 0 spiro atoms. The zero-order valence-electron chi connectivity index (χ0n) is 14.9. The van der Waals surface area contributed by atoms with E-state index in [0.29, 0.717) is 5.41 Å². The van der Waals surface area contributed by atoms with E-state index in [0.717, 1.165) is 18.4 Å². The van der Waals surface area contributed by atoms with Crippen LogP contribution in [0.4, 0.5) is 0 Å². The smallest absolute Gasteiger partial charge is 0.00967 e. The van der Waals surface area contributed by atoms with Gasteiger partial charge >= 0.3 is 0 Å². The zero-order chi connectivity index (χ0) is 15.1. The van der Waals surface area contributed by atoms with Crippen molar-refractivity contribution in [1.29, 1.82) is 0 Å². The van der Waals surface area contributed by atoms with Crippen molar-refractivity contribution in [1.82, 2.24) is 5.32 Å². The molecule has 0 aliphatic rings. The Balaban J connectivity index is 4.59. The molecular weight excluding hydrogens is 230 g/mol. The van der Waals surface area contributed by atoms with Crippen molar-refractivity contribution in [3.05, 3.63) is 0 Å². The second-order valence-corrected chi connectivity index (χ2v) is 8.03. The van der Waals surface area contributed by atoms with E-state index in [1.54, 1.807) is 0 Å². The molecule has 0 aromatic heterocycles. The Hall–Kier alpha value is -0.0400. The predicted molar refractivity (Wildman–Crippen MR) is 88.6 cm³/mol. The zero-order valence-corrected chi connectivity index (χ0v) is 14.9. The highest BCUT2D eigenvalue weighted by molar-refractivity contribution is 4.85. The van der Waals surface area contributed by atoms with E-state index >= 15 is 0 Å². The van der Waals surface area contributed by atoms with Gasteiger partial charge in [0.25, 0.3) is 0 Å². The van der Waals surface area contributed by atoms with Gasteiger partial charge in [0.15, 0.2) is 0 Å².